The van der Waals surface area contributed by atoms with Crippen LogP contribution in [-0.4, -0.2) is 19.1 Å². The summed E-state index contributed by atoms with van der Waals surface area (Å²) in [7, 11) is 0. The average molecular weight is 246 g/mol. The van der Waals surface area contributed by atoms with E-state index in [1.165, 1.54) is 37.2 Å². The minimum absolute atomic E-state index is 0.298. The predicted octanol–water partition coefficient (Wildman–Crippen LogP) is 3.20. The van der Waals surface area contributed by atoms with Crippen molar-refractivity contribution in [1.82, 2.24) is 0 Å². The normalized spacial score (nSPS) is 21.3. The van der Waals surface area contributed by atoms with Crippen LogP contribution >= 0.6 is 0 Å². The number of rotatable bonds is 5. The summed E-state index contributed by atoms with van der Waals surface area (Å²) in [6.45, 7) is 6.88. The minimum Gasteiger partial charge on any atom is -0.371 e. The Balaban J connectivity index is 1.95. The van der Waals surface area contributed by atoms with Gasteiger partial charge in [-0.15, -0.1) is 0 Å². The zero-order valence-electron chi connectivity index (χ0n) is 11.7. The van der Waals surface area contributed by atoms with Gasteiger partial charge in [0.15, 0.2) is 0 Å². The van der Waals surface area contributed by atoms with Gasteiger partial charge in [-0.05, 0) is 42.9 Å². The summed E-state index contributed by atoms with van der Waals surface area (Å²) in [6.07, 6.45) is 4.69. The van der Waals surface area contributed by atoms with Crippen LogP contribution in [0.5, 0.6) is 0 Å². The Morgan fingerprint density at radius 2 is 2.00 bits per heavy atom. The number of nitrogens with two attached hydrogens (primary N) is 1. The molecule has 0 bridgehead atoms. The Morgan fingerprint density at radius 1 is 1.28 bits per heavy atom. The monoisotopic (exact) mass is 246 g/mol. The van der Waals surface area contributed by atoms with Crippen LogP contribution in [0.2, 0.25) is 0 Å². The Kier molecular flexibility index (Phi) is 4.65. The van der Waals surface area contributed by atoms with Crippen LogP contribution in [0, 0.1) is 5.92 Å². The van der Waals surface area contributed by atoms with Crippen LogP contribution in [0.25, 0.3) is 0 Å². The van der Waals surface area contributed by atoms with Crippen molar-refractivity contribution in [3.05, 3.63) is 29.8 Å². The molecule has 2 N–H and O–H groups in total. The molecule has 1 saturated heterocycles. The quantitative estimate of drug-likeness (QED) is 0.864. The summed E-state index contributed by atoms with van der Waals surface area (Å²) >= 11 is 0. The number of hydrogen-bond donors (Lipinski definition) is 1. The Morgan fingerprint density at radius 3 is 2.56 bits per heavy atom. The SMILES string of the molecule is CCC(N)Cc1ccc(N2CCC(CC)C2)cc1. The summed E-state index contributed by atoms with van der Waals surface area (Å²) in [6, 6.07) is 9.30. The van der Waals surface area contributed by atoms with E-state index in [0.717, 1.165) is 18.8 Å². The maximum atomic E-state index is 5.99. The average Bonchev–Trinajstić information content (AvgIpc) is 2.88. The van der Waals surface area contributed by atoms with Gasteiger partial charge in [-0.3, -0.25) is 0 Å². The van der Waals surface area contributed by atoms with Crippen molar-refractivity contribution < 1.29 is 0 Å². The van der Waals surface area contributed by atoms with Crippen molar-refractivity contribution in [1.29, 1.82) is 0 Å². The third kappa shape index (κ3) is 3.26. The van der Waals surface area contributed by atoms with Crippen LogP contribution in [0.3, 0.4) is 0 Å². The number of benzene rings is 1. The first-order valence-corrected chi connectivity index (χ1v) is 7.32. The Hall–Kier alpha value is -1.02. The molecule has 1 fully saturated rings. The molecule has 2 rings (SSSR count). The van der Waals surface area contributed by atoms with Gasteiger partial charge in [-0.25, -0.2) is 0 Å². The molecular formula is C16H26N2. The molecule has 0 radical (unpaired) electrons. The number of hydrogen-bond acceptors (Lipinski definition) is 2. The molecule has 2 heteroatoms. The van der Waals surface area contributed by atoms with Crippen LogP contribution in [0.15, 0.2) is 24.3 Å². The molecule has 0 aliphatic carbocycles. The number of anilines is 1. The van der Waals surface area contributed by atoms with Gasteiger partial charge in [0.25, 0.3) is 0 Å². The highest BCUT2D eigenvalue weighted by atomic mass is 15.1. The first-order valence-electron chi connectivity index (χ1n) is 7.32. The van der Waals surface area contributed by atoms with Crippen LogP contribution in [0.1, 0.15) is 38.7 Å². The lowest BCUT2D eigenvalue weighted by Gasteiger charge is -2.19. The van der Waals surface area contributed by atoms with Gasteiger partial charge < -0.3 is 10.6 Å². The van der Waals surface area contributed by atoms with Gasteiger partial charge in [0.2, 0.25) is 0 Å². The van der Waals surface area contributed by atoms with E-state index in [1.54, 1.807) is 0 Å². The summed E-state index contributed by atoms with van der Waals surface area (Å²) in [4.78, 5) is 2.51. The molecule has 1 aliphatic heterocycles. The molecule has 0 spiro atoms. The van der Waals surface area contributed by atoms with Gasteiger partial charge in [0.05, 0.1) is 0 Å². The molecule has 2 unspecified atom stereocenters. The standard InChI is InChI=1S/C16H26N2/c1-3-13-9-10-18(12-13)16-7-5-14(6-8-16)11-15(17)4-2/h5-8,13,15H,3-4,9-12,17H2,1-2H3. The Bertz CT molecular complexity index is 358. The van der Waals surface area contributed by atoms with E-state index in [2.05, 4.69) is 43.0 Å². The predicted molar refractivity (Wildman–Crippen MR) is 79.0 cm³/mol. The zero-order valence-corrected chi connectivity index (χ0v) is 11.7. The molecule has 1 aromatic rings. The molecule has 1 aromatic carbocycles. The Labute approximate surface area is 111 Å². The fourth-order valence-corrected chi connectivity index (χ4v) is 2.69. The molecule has 100 valence electrons. The van der Waals surface area contributed by atoms with Crippen molar-refractivity contribution in [2.24, 2.45) is 11.7 Å². The molecule has 0 saturated carbocycles. The lowest BCUT2D eigenvalue weighted by molar-refractivity contribution is 0.569. The maximum Gasteiger partial charge on any atom is 0.0366 e. The van der Waals surface area contributed by atoms with E-state index in [-0.39, 0.29) is 0 Å². The third-order valence-corrected chi connectivity index (χ3v) is 4.19. The zero-order chi connectivity index (χ0) is 13.0. The fraction of sp³-hybridized carbons (Fsp3) is 0.625. The second-order valence-corrected chi connectivity index (χ2v) is 5.55. The second kappa shape index (κ2) is 6.24. The topological polar surface area (TPSA) is 29.3 Å². The highest BCUT2D eigenvalue weighted by Gasteiger charge is 2.20. The van der Waals surface area contributed by atoms with Crippen molar-refractivity contribution >= 4 is 5.69 Å². The van der Waals surface area contributed by atoms with Crippen molar-refractivity contribution in [2.45, 2.75) is 45.6 Å². The smallest absolute Gasteiger partial charge is 0.0366 e. The molecule has 2 nitrogen and oxygen atoms in total. The highest BCUT2D eigenvalue weighted by Crippen LogP contribution is 2.25. The van der Waals surface area contributed by atoms with Gasteiger partial charge in [0, 0.05) is 24.8 Å². The molecule has 1 aliphatic rings. The van der Waals surface area contributed by atoms with Gasteiger partial charge in [0.1, 0.15) is 0 Å². The van der Waals surface area contributed by atoms with Gasteiger partial charge >= 0.3 is 0 Å². The fourth-order valence-electron chi connectivity index (χ4n) is 2.69. The minimum atomic E-state index is 0.298. The van der Waals surface area contributed by atoms with Gasteiger partial charge in [-0.2, -0.15) is 0 Å². The van der Waals surface area contributed by atoms with Crippen LogP contribution in [-0.2, 0) is 6.42 Å². The first kappa shape index (κ1) is 13.4. The summed E-state index contributed by atoms with van der Waals surface area (Å²) < 4.78 is 0. The van der Waals surface area contributed by atoms with Crippen molar-refractivity contribution in [2.75, 3.05) is 18.0 Å². The van der Waals surface area contributed by atoms with Crippen LogP contribution < -0.4 is 10.6 Å². The van der Waals surface area contributed by atoms with Crippen LogP contribution in [0.4, 0.5) is 5.69 Å². The molecule has 18 heavy (non-hydrogen) atoms. The second-order valence-electron chi connectivity index (χ2n) is 5.55. The molecule has 1 heterocycles. The molecular weight excluding hydrogens is 220 g/mol. The van der Waals surface area contributed by atoms with E-state index in [9.17, 15) is 0 Å². The summed E-state index contributed by atoms with van der Waals surface area (Å²) in [5.74, 6) is 0.887. The van der Waals surface area contributed by atoms with Crippen molar-refractivity contribution in [3.63, 3.8) is 0 Å². The maximum absolute atomic E-state index is 5.99. The molecule has 0 amide bonds. The van der Waals surface area contributed by atoms with E-state index < -0.39 is 0 Å². The molecule has 2 atom stereocenters. The molecule has 0 aromatic heterocycles. The third-order valence-electron chi connectivity index (χ3n) is 4.19. The van der Waals surface area contributed by atoms with Crippen molar-refractivity contribution in [3.8, 4) is 0 Å². The lowest BCUT2D eigenvalue weighted by Crippen LogP contribution is -2.22. The number of nitrogens with zero attached hydrogens (tertiary/aromatic N) is 1. The van der Waals surface area contributed by atoms with E-state index in [1.807, 2.05) is 0 Å². The lowest BCUT2D eigenvalue weighted by atomic mass is 10.0. The van der Waals surface area contributed by atoms with E-state index in [4.69, 9.17) is 5.73 Å². The van der Waals surface area contributed by atoms with E-state index >= 15 is 0 Å². The first-order chi connectivity index (χ1) is 8.72. The summed E-state index contributed by atoms with van der Waals surface area (Å²) in [5.41, 5.74) is 8.73. The highest BCUT2D eigenvalue weighted by molar-refractivity contribution is 5.48. The summed E-state index contributed by atoms with van der Waals surface area (Å²) in [5, 5.41) is 0. The van der Waals surface area contributed by atoms with E-state index in [0.29, 0.717) is 6.04 Å². The largest absolute Gasteiger partial charge is 0.371 e. The van der Waals surface area contributed by atoms with Gasteiger partial charge in [-0.1, -0.05) is 32.4 Å².